The van der Waals surface area contributed by atoms with Gasteiger partial charge in [-0.05, 0) is 12.8 Å². The third-order valence-electron chi connectivity index (χ3n) is 3.47. The van der Waals surface area contributed by atoms with Crippen LogP contribution in [0, 0.1) is 5.92 Å². The van der Waals surface area contributed by atoms with E-state index >= 15 is 0 Å². The van der Waals surface area contributed by atoms with Gasteiger partial charge in [-0.25, -0.2) is 9.59 Å². The molecule has 0 bridgehead atoms. The number of cyclic esters (lactones) is 1. The van der Waals surface area contributed by atoms with E-state index in [4.69, 9.17) is 9.47 Å². The van der Waals surface area contributed by atoms with Crippen LogP contribution in [0.4, 0.5) is 0 Å². The number of esters is 2. The van der Waals surface area contributed by atoms with E-state index < -0.39 is 18.0 Å². The average Bonchev–Trinajstić information content (AvgIpc) is 2.76. The van der Waals surface area contributed by atoms with E-state index in [-0.39, 0.29) is 12.0 Å². The van der Waals surface area contributed by atoms with E-state index in [0.717, 1.165) is 19.3 Å². The molecule has 2 heterocycles. The molecule has 0 aromatic heterocycles. The molecule has 0 amide bonds. The molecule has 0 spiro atoms. The Balaban J connectivity index is 1.93. The highest BCUT2D eigenvalue weighted by Crippen LogP contribution is 2.39. The minimum Gasteiger partial charge on any atom is -0.459 e. The van der Waals surface area contributed by atoms with Crippen molar-refractivity contribution in [3.63, 3.8) is 0 Å². The van der Waals surface area contributed by atoms with E-state index in [9.17, 15) is 9.59 Å². The molecule has 2 fully saturated rings. The molecule has 0 saturated carbocycles. The maximum atomic E-state index is 11.5. The van der Waals surface area contributed by atoms with E-state index in [0.29, 0.717) is 5.57 Å². The smallest absolute Gasteiger partial charge is 0.348 e. The van der Waals surface area contributed by atoms with Gasteiger partial charge in [0.2, 0.25) is 6.10 Å². The molecule has 94 valence electrons. The monoisotopic (exact) mass is 238 g/mol. The minimum atomic E-state index is -0.730. The van der Waals surface area contributed by atoms with Crippen molar-refractivity contribution >= 4 is 11.9 Å². The molecule has 0 N–H and O–H groups in total. The van der Waals surface area contributed by atoms with Crippen LogP contribution >= 0.6 is 0 Å². The second-order valence-electron chi connectivity index (χ2n) is 4.70. The predicted octanol–water partition coefficient (Wildman–Crippen LogP) is 1.98. The first-order valence-electron chi connectivity index (χ1n) is 6.25. The van der Waals surface area contributed by atoms with E-state index in [2.05, 4.69) is 13.5 Å². The lowest BCUT2D eigenvalue weighted by atomic mass is 9.90. The fourth-order valence-electron chi connectivity index (χ4n) is 2.50. The van der Waals surface area contributed by atoms with Gasteiger partial charge in [0, 0.05) is 5.57 Å². The quantitative estimate of drug-likeness (QED) is 0.417. The van der Waals surface area contributed by atoms with E-state index in [1.807, 2.05) is 0 Å². The number of fused-ring (bicyclic) bond motifs is 1. The van der Waals surface area contributed by atoms with Crippen molar-refractivity contribution in [2.45, 2.75) is 51.2 Å². The highest BCUT2D eigenvalue weighted by Gasteiger charge is 2.54. The molecule has 3 atom stereocenters. The first-order valence-corrected chi connectivity index (χ1v) is 6.25. The van der Waals surface area contributed by atoms with Crippen LogP contribution in [0.15, 0.2) is 12.2 Å². The molecule has 17 heavy (non-hydrogen) atoms. The van der Waals surface area contributed by atoms with Gasteiger partial charge in [-0.3, -0.25) is 0 Å². The highest BCUT2D eigenvalue weighted by molar-refractivity contribution is 5.97. The van der Waals surface area contributed by atoms with Crippen LogP contribution in [0.5, 0.6) is 0 Å². The van der Waals surface area contributed by atoms with Crippen LogP contribution in [0.25, 0.3) is 0 Å². The van der Waals surface area contributed by atoms with Crippen molar-refractivity contribution in [3.05, 3.63) is 12.2 Å². The average molecular weight is 238 g/mol. The third kappa shape index (κ3) is 2.21. The molecular weight excluding hydrogens is 220 g/mol. The summed E-state index contributed by atoms with van der Waals surface area (Å²) in [5.74, 6) is -1.12. The lowest BCUT2D eigenvalue weighted by Crippen LogP contribution is -2.21. The maximum absolute atomic E-state index is 11.5. The number of rotatable bonds is 5. The summed E-state index contributed by atoms with van der Waals surface area (Å²) in [6, 6.07) is 0. The zero-order valence-electron chi connectivity index (χ0n) is 10.1. The first-order chi connectivity index (χ1) is 8.15. The second kappa shape index (κ2) is 4.90. The molecule has 0 aliphatic carbocycles. The molecule has 2 rings (SSSR count). The summed E-state index contributed by atoms with van der Waals surface area (Å²) in [7, 11) is 0. The van der Waals surface area contributed by atoms with Gasteiger partial charge in [-0.15, -0.1) is 0 Å². The number of carbonyl (C=O) groups is 2. The second-order valence-corrected chi connectivity index (χ2v) is 4.70. The Bertz CT molecular complexity index is 347. The molecule has 0 unspecified atom stereocenters. The maximum Gasteiger partial charge on any atom is 0.348 e. The van der Waals surface area contributed by atoms with Crippen LogP contribution in [-0.4, -0.2) is 24.1 Å². The van der Waals surface area contributed by atoms with Gasteiger partial charge in [0.25, 0.3) is 0 Å². The van der Waals surface area contributed by atoms with Crippen LogP contribution in [0.3, 0.4) is 0 Å². The zero-order chi connectivity index (χ0) is 12.4. The number of carbonyl (C=O) groups excluding carboxylic acids is 2. The Morgan fingerprint density at radius 2 is 1.94 bits per heavy atom. The lowest BCUT2D eigenvalue weighted by molar-refractivity contribution is -0.156. The number of unbranched alkanes of at least 4 members (excludes halogenated alkanes) is 3. The van der Waals surface area contributed by atoms with Gasteiger partial charge in [-0.1, -0.05) is 32.8 Å². The Labute approximate surface area is 101 Å². The Hall–Kier alpha value is -1.32. The van der Waals surface area contributed by atoms with Gasteiger partial charge in [0.1, 0.15) is 6.10 Å². The zero-order valence-corrected chi connectivity index (χ0v) is 10.1. The molecular formula is C13H18O4. The number of hydrogen-bond donors (Lipinski definition) is 0. The highest BCUT2D eigenvalue weighted by atomic mass is 16.6. The summed E-state index contributed by atoms with van der Waals surface area (Å²) in [6.07, 6.45) is 4.34. The van der Waals surface area contributed by atoms with E-state index in [1.165, 1.54) is 12.8 Å². The summed E-state index contributed by atoms with van der Waals surface area (Å²) in [4.78, 5) is 22.8. The molecule has 4 nitrogen and oxygen atoms in total. The van der Waals surface area contributed by atoms with Gasteiger partial charge >= 0.3 is 11.9 Å². The van der Waals surface area contributed by atoms with Gasteiger partial charge in [0.15, 0.2) is 0 Å². The van der Waals surface area contributed by atoms with E-state index in [1.54, 1.807) is 0 Å². The van der Waals surface area contributed by atoms with Crippen molar-refractivity contribution < 1.29 is 19.1 Å². The Morgan fingerprint density at radius 3 is 2.65 bits per heavy atom. The molecule has 0 radical (unpaired) electrons. The number of ether oxygens (including phenoxy) is 2. The van der Waals surface area contributed by atoms with Crippen LogP contribution in [0.2, 0.25) is 0 Å². The molecule has 2 aliphatic rings. The van der Waals surface area contributed by atoms with Gasteiger partial charge in [-0.2, -0.15) is 0 Å². The summed E-state index contributed by atoms with van der Waals surface area (Å²) in [6.45, 7) is 5.85. The van der Waals surface area contributed by atoms with Crippen molar-refractivity contribution in [2.75, 3.05) is 0 Å². The Kier molecular flexibility index (Phi) is 3.50. The molecule has 2 saturated heterocycles. The SMILES string of the molecule is C=C1C(=O)O[C@H]2C(=O)O[C@H](CCCCCC)[C@@H]12. The van der Waals surface area contributed by atoms with Crippen molar-refractivity contribution in [3.8, 4) is 0 Å². The topological polar surface area (TPSA) is 52.6 Å². The third-order valence-corrected chi connectivity index (χ3v) is 3.47. The summed E-state index contributed by atoms with van der Waals surface area (Å²) in [5.41, 5.74) is 0.390. The van der Waals surface area contributed by atoms with Crippen molar-refractivity contribution in [1.82, 2.24) is 0 Å². The summed E-state index contributed by atoms with van der Waals surface area (Å²) >= 11 is 0. The molecule has 2 aliphatic heterocycles. The summed E-state index contributed by atoms with van der Waals surface area (Å²) < 4.78 is 10.2. The summed E-state index contributed by atoms with van der Waals surface area (Å²) in [5, 5.41) is 0. The van der Waals surface area contributed by atoms with Crippen LogP contribution in [-0.2, 0) is 19.1 Å². The fraction of sp³-hybridized carbons (Fsp3) is 0.692. The van der Waals surface area contributed by atoms with Gasteiger partial charge in [0.05, 0.1) is 5.92 Å². The van der Waals surface area contributed by atoms with Crippen molar-refractivity contribution in [1.29, 1.82) is 0 Å². The normalized spacial score (nSPS) is 31.4. The lowest BCUT2D eigenvalue weighted by Gasteiger charge is -2.14. The predicted molar refractivity (Wildman–Crippen MR) is 61.1 cm³/mol. The molecule has 4 heteroatoms. The molecule has 0 aromatic rings. The van der Waals surface area contributed by atoms with Crippen molar-refractivity contribution in [2.24, 2.45) is 5.92 Å². The standard InChI is InChI=1S/C13H18O4/c1-3-4-5-6-7-9-10-8(2)12(14)17-11(10)13(15)16-9/h9-11H,2-7H2,1H3/t9-,10-,11-/m1/s1. The van der Waals surface area contributed by atoms with Crippen LogP contribution < -0.4 is 0 Å². The van der Waals surface area contributed by atoms with Crippen LogP contribution in [0.1, 0.15) is 39.0 Å². The fourth-order valence-corrected chi connectivity index (χ4v) is 2.50. The molecule has 0 aromatic carbocycles. The number of hydrogen-bond acceptors (Lipinski definition) is 4. The largest absolute Gasteiger partial charge is 0.459 e. The minimum absolute atomic E-state index is 0.219. The van der Waals surface area contributed by atoms with Gasteiger partial charge < -0.3 is 9.47 Å². The first kappa shape index (κ1) is 12.1. The Morgan fingerprint density at radius 1 is 1.18 bits per heavy atom.